The molecule has 3 rings (SSSR count). The van der Waals surface area contributed by atoms with Crippen molar-refractivity contribution >= 4 is 5.91 Å². The van der Waals surface area contributed by atoms with E-state index in [0.29, 0.717) is 0 Å². The van der Waals surface area contributed by atoms with Crippen LogP contribution in [0.5, 0.6) is 0 Å². The highest BCUT2D eigenvalue weighted by Gasteiger charge is 2.22. The summed E-state index contributed by atoms with van der Waals surface area (Å²) in [6, 6.07) is 10.2. The Morgan fingerprint density at radius 2 is 2.00 bits per heavy atom. The highest BCUT2D eigenvalue weighted by Crippen LogP contribution is 2.20. The highest BCUT2D eigenvalue weighted by atomic mass is 16.2. The number of H-pyrrole nitrogens is 1. The third-order valence-corrected chi connectivity index (χ3v) is 3.60. The molecule has 3 nitrogen and oxygen atoms in total. The summed E-state index contributed by atoms with van der Waals surface area (Å²) in [5, 5.41) is 0. The molecular weight excluding hydrogens is 224 g/mol. The number of aryl methyl sites for hydroxylation is 1. The molecule has 0 unspecified atom stereocenters. The molecule has 0 fully saturated rings. The van der Waals surface area contributed by atoms with Crippen molar-refractivity contribution in [3.05, 3.63) is 58.9 Å². The number of nitrogens with zero attached hydrogens (tertiary/aromatic N) is 1. The molecule has 92 valence electrons. The average molecular weight is 240 g/mol. The van der Waals surface area contributed by atoms with Crippen molar-refractivity contribution in [3.8, 4) is 0 Å². The number of carbonyl (C=O) groups excluding carboxylic acids is 1. The molecule has 2 heterocycles. The lowest BCUT2D eigenvalue weighted by Crippen LogP contribution is -2.36. The Kier molecular flexibility index (Phi) is 2.67. The van der Waals surface area contributed by atoms with Crippen LogP contribution in [0.15, 0.2) is 36.5 Å². The smallest absolute Gasteiger partial charge is 0.255 e. The Hall–Kier alpha value is -2.03. The molecule has 0 saturated carbocycles. The van der Waals surface area contributed by atoms with Crippen LogP contribution in [0.3, 0.4) is 0 Å². The van der Waals surface area contributed by atoms with Crippen molar-refractivity contribution in [2.24, 2.45) is 0 Å². The second-order valence-corrected chi connectivity index (χ2v) is 4.76. The van der Waals surface area contributed by atoms with Crippen molar-refractivity contribution < 1.29 is 4.79 Å². The maximum atomic E-state index is 12.4. The second kappa shape index (κ2) is 4.33. The number of hydrogen-bond donors (Lipinski definition) is 1. The molecular formula is C15H16N2O. The van der Waals surface area contributed by atoms with E-state index in [2.05, 4.69) is 23.2 Å². The van der Waals surface area contributed by atoms with Crippen molar-refractivity contribution in [3.63, 3.8) is 0 Å². The van der Waals surface area contributed by atoms with Gasteiger partial charge in [-0.1, -0.05) is 24.3 Å². The number of fused-ring (bicyclic) bond motifs is 1. The monoisotopic (exact) mass is 240 g/mol. The van der Waals surface area contributed by atoms with Crippen molar-refractivity contribution in [1.82, 2.24) is 9.88 Å². The van der Waals surface area contributed by atoms with Gasteiger partial charge in [0.2, 0.25) is 0 Å². The van der Waals surface area contributed by atoms with E-state index < -0.39 is 0 Å². The number of rotatable bonds is 1. The molecule has 1 aromatic carbocycles. The first-order valence-corrected chi connectivity index (χ1v) is 6.26. The van der Waals surface area contributed by atoms with Gasteiger partial charge in [0.15, 0.2) is 0 Å². The van der Waals surface area contributed by atoms with Gasteiger partial charge >= 0.3 is 0 Å². The molecule has 1 N–H and O–H groups in total. The number of aromatic amines is 1. The van der Waals surface area contributed by atoms with Crippen LogP contribution in [0.4, 0.5) is 0 Å². The minimum atomic E-state index is 0.128. The Bertz CT molecular complexity index is 586. The van der Waals surface area contributed by atoms with Gasteiger partial charge in [-0.25, -0.2) is 0 Å². The van der Waals surface area contributed by atoms with Gasteiger partial charge < -0.3 is 9.88 Å². The van der Waals surface area contributed by atoms with Crippen LogP contribution in [-0.2, 0) is 13.0 Å². The molecule has 0 saturated heterocycles. The minimum absolute atomic E-state index is 0.128. The summed E-state index contributed by atoms with van der Waals surface area (Å²) in [7, 11) is 0. The molecule has 0 spiro atoms. The van der Waals surface area contributed by atoms with E-state index in [4.69, 9.17) is 0 Å². The topological polar surface area (TPSA) is 36.1 Å². The summed E-state index contributed by atoms with van der Waals surface area (Å²) in [6.45, 7) is 3.46. The van der Waals surface area contributed by atoms with Gasteiger partial charge in [0.05, 0.1) is 5.56 Å². The fourth-order valence-corrected chi connectivity index (χ4v) is 2.52. The number of benzene rings is 1. The van der Waals surface area contributed by atoms with Gasteiger partial charge in [0.1, 0.15) is 0 Å². The molecule has 2 aromatic rings. The lowest BCUT2D eigenvalue weighted by atomic mass is 9.99. The van der Waals surface area contributed by atoms with E-state index in [1.807, 2.05) is 30.2 Å². The van der Waals surface area contributed by atoms with Crippen LogP contribution < -0.4 is 0 Å². The largest absolute Gasteiger partial charge is 0.365 e. The van der Waals surface area contributed by atoms with Gasteiger partial charge in [0, 0.05) is 25.0 Å². The van der Waals surface area contributed by atoms with Gasteiger partial charge in [-0.05, 0) is 30.5 Å². The fourth-order valence-electron chi connectivity index (χ4n) is 2.52. The standard InChI is InChI=1S/C15H16N2O/c1-11-14(6-8-16-11)15(18)17-9-7-12-4-2-3-5-13(12)10-17/h2-6,8,16H,7,9-10H2,1H3. The van der Waals surface area contributed by atoms with E-state index in [1.54, 1.807) is 0 Å². The third-order valence-electron chi connectivity index (χ3n) is 3.60. The SMILES string of the molecule is Cc1[nH]ccc1C(=O)N1CCc2ccccc2C1. The van der Waals surface area contributed by atoms with E-state index in [0.717, 1.165) is 30.8 Å². The zero-order valence-electron chi connectivity index (χ0n) is 10.4. The first-order chi connectivity index (χ1) is 8.75. The first kappa shape index (κ1) is 11.1. The average Bonchev–Trinajstić information content (AvgIpc) is 2.83. The van der Waals surface area contributed by atoms with Crippen LogP contribution in [0, 0.1) is 6.92 Å². The Labute approximate surface area is 106 Å². The Balaban J connectivity index is 1.84. The zero-order chi connectivity index (χ0) is 12.5. The summed E-state index contributed by atoms with van der Waals surface area (Å²) in [6.07, 6.45) is 2.77. The number of nitrogens with one attached hydrogen (secondary N) is 1. The lowest BCUT2D eigenvalue weighted by molar-refractivity contribution is 0.0734. The summed E-state index contributed by atoms with van der Waals surface area (Å²) < 4.78 is 0. The molecule has 1 aromatic heterocycles. The molecule has 3 heteroatoms. The van der Waals surface area contributed by atoms with E-state index in [-0.39, 0.29) is 5.91 Å². The summed E-state index contributed by atoms with van der Waals surface area (Å²) >= 11 is 0. The van der Waals surface area contributed by atoms with Crippen molar-refractivity contribution in [2.75, 3.05) is 6.54 Å². The molecule has 0 bridgehead atoms. The quantitative estimate of drug-likeness (QED) is 0.817. The number of hydrogen-bond acceptors (Lipinski definition) is 1. The molecule has 1 aliphatic rings. The molecule has 0 aliphatic carbocycles. The molecule has 1 amide bonds. The maximum absolute atomic E-state index is 12.4. The van der Waals surface area contributed by atoms with Crippen LogP contribution in [0.25, 0.3) is 0 Å². The van der Waals surface area contributed by atoms with E-state index in [1.165, 1.54) is 11.1 Å². The predicted octanol–water partition coefficient (Wildman–Crippen LogP) is 2.52. The predicted molar refractivity (Wildman–Crippen MR) is 70.4 cm³/mol. The van der Waals surface area contributed by atoms with Crippen LogP contribution in [0.2, 0.25) is 0 Å². The highest BCUT2D eigenvalue weighted by molar-refractivity contribution is 5.95. The zero-order valence-corrected chi connectivity index (χ0v) is 10.4. The van der Waals surface area contributed by atoms with Gasteiger partial charge in [-0.15, -0.1) is 0 Å². The number of amides is 1. The lowest BCUT2D eigenvalue weighted by Gasteiger charge is -2.28. The van der Waals surface area contributed by atoms with Gasteiger partial charge in [-0.2, -0.15) is 0 Å². The Morgan fingerprint density at radius 3 is 2.72 bits per heavy atom. The first-order valence-electron chi connectivity index (χ1n) is 6.26. The summed E-state index contributed by atoms with van der Waals surface area (Å²) in [5.41, 5.74) is 4.37. The molecule has 18 heavy (non-hydrogen) atoms. The summed E-state index contributed by atoms with van der Waals surface area (Å²) in [4.78, 5) is 17.4. The summed E-state index contributed by atoms with van der Waals surface area (Å²) in [5.74, 6) is 0.128. The third kappa shape index (κ3) is 1.82. The number of carbonyl (C=O) groups is 1. The van der Waals surface area contributed by atoms with Gasteiger partial charge in [-0.3, -0.25) is 4.79 Å². The molecule has 0 atom stereocenters. The van der Waals surface area contributed by atoms with Crippen molar-refractivity contribution in [2.45, 2.75) is 19.9 Å². The molecule has 0 radical (unpaired) electrons. The van der Waals surface area contributed by atoms with E-state index in [9.17, 15) is 4.79 Å². The van der Waals surface area contributed by atoms with Crippen molar-refractivity contribution in [1.29, 1.82) is 0 Å². The van der Waals surface area contributed by atoms with Crippen LogP contribution in [0.1, 0.15) is 27.2 Å². The Morgan fingerprint density at radius 1 is 1.22 bits per heavy atom. The normalized spacial score (nSPS) is 14.4. The van der Waals surface area contributed by atoms with Gasteiger partial charge in [0.25, 0.3) is 5.91 Å². The maximum Gasteiger partial charge on any atom is 0.255 e. The van der Waals surface area contributed by atoms with Crippen LogP contribution in [-0.4, -0.2) is 22.3 Å². The molecule has 1 aliphatic heterocycles. The fraction of sp³-hybridized carbons (Fsp3) is 0.267. The number of aromatic nitrogens is 1. The second-order valence-electron chi connectivity index (χ2n) is 4.76. The van der Waals surface area contributed by atoms with Crippen LogP contribution >= 0.6 is 0 Å². The van der Waals surface area contributed by atoms with E-state index >= 15 is 0 Å². The minimum Gasteiger partial charge on any atom is -0.365 e.